The van der Waals surface area contributed by atoms with Crippen LogP contribution in [0.15, 0.2) is 0 Å². The molecule has 0 aromatic carbocycles. The zero-order chi connectivity index (χ0) is 22.1. The smallest absolute Gasteiger partial charge is 0.0443 e. The van der Waals surface area contributed by atoms with Crippen LogP contribution in [0, 0.1) is 11.8 Å². The van der Waals surface area contributed by atoms with Crippen molar-refractivity contribution < 1.29 is 0 Å². The van der Waals surface area contributed by atoms with Gasteiger partial charge in [-0.2, -0.15) is 0 Å². The summed E-state index contributed by atoms with van der Waals surface area (Å²) in [5.74, 6) is 1.91. The molecule has 0 aromatic heterocycles. The van der Waals surface area contributed by atoms with Gasteiger partial charge in [0, 0.05) is 0 Å². The van der Waals surface area contributed by atoms with Gasteiger partial charge in [0.15, 0.2) is 0 Å². The summed E-state index contributed by atoms with van der Waals surface area (Å²) in [5.41, 5.74) is 0. The monoisotopic (exact) mass is 422 g/mol. The van der Waals surface area contributed by atoms with Crippen LogP contribution in [0.3, 0.4) is 0 Å². The summed E-state index contributed by atoms with van der Waals surface area (Å²) in [6.07, 6.45) is 35.1. The normalized spacial score (nSPS) is 13.6. The van der Waals surface area contributed by atoms with Crippen molar-refractivity contribution in [2.45, 2.75) is 182 Å². The van der Waals surface area contributed by atoms with Gasteiger partial charge in [-0.3, -0.25) is 0 Å². The van der Waals surface area contributed by atoms with Crippen LogP contribution >= 0.6 is 0 Å². The Morgan fingerprint density at radius 2 is 0.533 bits per heavy atom. The minimum atomic E-state index is 0.953. The van der Waals surface area contributed by atoms with E-state index in [9.17, 15) is 0 Å². The number of hydrogen-bond acceptors (Lipinski definition) is 0. The minimum Gasteiger partial charge on any atom is -0.0654 e. The van der Waals surface area contributed by atoms with Gasteiger partial charge in [0.2, 0.25) is 0 Å². The molecule has 0 aliphatic rings. The van der Waals surface area contributed by atoms with Crippen molar-refractivity contribution in [3.05, 3.63) is 0 Å². The van der Waals surface area contributed by atoms with Gasteiger partial charge in [0.05, 0.1) is 0 Å². The van der Waals surface area contributed by atoms with Crippen LogP contribution < -0.4 is 0 Å². The van der Waals surface area contributed by atoms with Crippen molar-refractivity contribution >= 4 is 0 Å². The highest BCUT2D eigenvalue weighted by molar-refractivity contribution is 4.60. The number of hydrogen-bond donors (Lipinski definition) is 0. The highest BCUT2D eigenvalue weighted by Crippen LogP contribution is 2.22. The highest BCUT2D eigenvalue weighted by Gasteiger charge is 2.07. The minimum absolute atomic E-state index is 0.953. The fourth-order valence-electron chi connectivity index (χ4n) is 4.82. The summed E-state index contributed by atoms with van der Waals surface area (Å²) in [6, 6.07) is 0. The third-order valence-corrected chi connectivity index (χ3v) is 7.25. The molecule has 0 bridgehead atoms. The van der Waals surface area contributed by atoms with E-state index in [2.05, 4.69) is 27.7 Å². The molecule has 0 nitrogen and oxygen atoms in total. The Bertz CT molecular complexity index is 264. The predicted molar refractivity (Wildman–Crippen MR) is 140 cm³/mol. The van der Waals surface area contributed by atoms with E-state index in [1.54, 1.807) is 0 Å². The Morgan fingerprint density at radius 1 is 0.300 bits per heavy atom. The van der Waals surface area contributed by atoms with Crippen LogP contribution in [0.2, 0.25) is 0 Å². The van der Waals surface area contributed by atoms with E-state index in [1.807, 2.05) is 0 Å². The van der Waals surface area contributed by atoms with Crippen molar-refractivity contribution in [2.75, 3.05) is 0 Å². The van der Waals surface area contributed by atoms with Gasteiger partial charge in [-0.05, 0) is 11.8 Å². The van der Waals surface area contributed by atoms with E-state index in [1.165, 1.54) is 154 Å². The summed E-state index contributed by atoms with van der Waals surface area (Å²) >= 11 is 0. The Hall–Kier alpha value is 0. The lowest BCUT2D eigenvalue weighted by Gasteiger charge is -2.15. The summed E-state index contributed by atoms with van der Waals surface area (Å²) in [6.45, 7) is 9.61. The Balaban J connectivity index is 3.28. The Morgan fingerprint density at radius 3 is 0.800 bits per heavy atom. The molecule has 2 unspecified atom stereocenters. The summed E-state index contributed by atoms with van der Waals surface area (Å²) in [7, 11) is 0. The van der Waals surface area contributed by atoms with E-state index < -0.39 is 0 Å². The first kappa shape index (κ1) is 30.0. The average molecular weight is 423 g/mol. The lowest BCUT2D eigenvalue weighted by atomic mass is 9.91. The molecule has 0 amide bonds. The molecule has 0 spiro atoms. The third kappa shape index (κ3) is 24.3. The van der Waals surface area contributed by atoms with Gasteiger partial charge in [0.25, 0.3) is 0 Å². The van der Waals surface area contributed by atoms with Crippen molar-refractivity contribution in [1.82, 2.24) is 0 Å². The molecular weight excluding hydrogens is 360 g/mol. The average Bonchev–Trinajstić information content (AvgIpc) is 2.75. The summed E-state index contributed by atoms with van der Waals surface area (Å²) in [4.78, 5) is 0. The molecule has 2 atom stereocenters. The van der Waals surface area contributed by atoms with Gasteiger partial charge in [-0.1, -0.05) is 182 Å². The molecule has 0 heteroatoms. The largest absolute Gasteiger partial charge is 0.0654 e. The summed E-state index contributed by atoms with van der Waals surface area (Å²) < 4.78 is 0. The topological polar surface area (TPSA) is 0 Å². The van der Waals surface area contributed by atoms with Crippen LogP contribution in [0.5, 0.6) is 0 Å². The second-order valence-corrected chi connectivity index (χ2v) is 10.7. The molecule has 0 radical (unpaired) electrons. The van der Waals surface area contributed by atoms with E-state index in [4.69, 9.17) is 0 Å². The second-order valence-electron chi connectivity index (χ2n) is 10.7. The molecule has 0 saturated heterocycles. The van der Waals surface area contributed by atoms with Crippen LogP contribution in [0.1, 0.15) is 182 Å². The van der Waals surface area contributed by atoms with Crippen molar-refractivity contribution in [3.63, 3.8) is 0 Å². The summed E-state index contributed by atoms with van der Waals surface area (Å²) in [5, 5.41) is 0. The first-order valence-corrected chi connectivity index (χ1v) is 14.7. The number of rotatable bonds is 25. The standard InChI is InChI=1S/C30H62/c1-5-7-9-11-13-15-17-19-21-23-25-29(3)27-28-30(4)26-24-22-20-18-16-14-12-10-8-6-2/h29-30H,5-28H2,1-4H3. The quantitative estimate of drug-likeness (QED) is 0.128. The maximum absolute atomic E-state index is 2.50. The van der Waals surface area contributed by atoms with Crippen molar-refractivity contribution in [2.24, 2.45) is 11.8 Å². The maximum atomic E-state index is 2.50. The van der Waals surface area contributed by atoms with Crippen molar-refractivity contribution in [1.29, 1.82) is 0 Å². The highest BCUT2D eigenvalue weighted by atomic mass is 14.1. The van der Waals surface area contributed by atoms with E-state index in [0.29, 0.717) is 0 Å². The lowest BCUT2D eigenvalue weighted by molar-refractivity contribution is 0.376. The molecule has 0 aliphatic carbocycles. The van der Waals surface area contributed by atoms with E-state index >= 15 is 0 Å². The van der Waals surface area contributed by atoms with E-state index in [-0.39, 0.29) is 0 Å². The zero-order valence-electron chi connectivity index (χ0n) is 22.1. The maximum Gasteiger partial charge on any atom is -0.0443 e. The molecule has 182 valence electrons. The fraction of sp³-hybridized carbons (Fsp3) is 1.00. The molecule has 0 heterocycles. The molecule has 30 heavy (non-hydrogen) atoms. The van der Waals surface area contributed by atoms with Crippen molar-refractivity contribution in [3.8, 4) is 0 Å². The molecule has 0 aromatic rings. The zero-order valence-corrected chi connectivity index (χ0v) is 22.1. The van der Waals surface area contributed by atoms with Crippen LogP contribution in [-0.2, 0) is 0 Å². The predicted octanol–water partition coefficient (Wildman–Crippen LogP) is 11.7. The third-order valence-electron chi connectivity index (χ3n) is 7.25. The number of unbranched alkanes of at least 4 members (excludes halogenated alkanes) is 18. The molecular formula is C30H62. The van der Waals surface area contributed by atoms with Crippen LogP contribution in [0.25, 0.3) is 0 Å². The van der Waals surface area contributed by atoms with E-state index in [0.717, 1.165) is 11.8 Å². The van der Waals surface area contributed by atoms with Gasteiger partial charge in [-0.15, -0.1) is 0 Å². The molecule has 0 fully saturated rings. The molecule has 0 N–H and O–H groups in total. The van der Waals surface area contributed by atoms with Gasteiger partial charge < -0.3 is 0 Å². The first-order chi connectivity index (χ1) is 14.7. The molecule has 0 aliphatic heterocycles. The van der Waals surface area contributed by atoms with Crippen LogP contribution in [-0.4, -0.2) is 0 Å². The Labute approximate surface area is 193 Å². The van der Waals surface area contributed by atoms with Gasteiger partial charge in [-0.25, -0.2) is 0 Å². The fourth-order valence-corrected chi connectivity index (χ4v) is 4.82. The SMILES string of the molecule is CCCCCCCCCCCCC(C)CCC(C)CCCCCCCCCCCC. The second kappa shape index (κ2) is 25.3. The first-order valence-electron chi connectivity index (χ1n) is 14.7. The van der Waals surface area contributed by atoms with Gasteiger partial charge >= 0.3 is 0 Å². The van der Waals surface area contributed by atoms with Gasteiger partial charge in [0.1, 0.15) is 0 Å². The lowest BCUT2D eigenvalue weighted by Crippen LogP contribution is -2.01. The molecule has 0 rings (SSSR count). The van der Waals surface area contributed by atoms with Crippen LogP contribution in [0.4, 0.5) is 0 Å². The molecule has 0 saturated carbocycles. The Kier molecular flexibility index (Phi) is 25.3.